The molecule has 2 aromatic carbocycles. The number of aliphatic imine (C=N–C) groups is 2. The highest BCUT2D eigenvalue weighted by Gasteiger charge is 2.74. The number of hydrogen-bond acceptors (Lipinski definition) is 14. The van der Waals surface area contributed by atoms with E-state index >= 15 is 4.79 Å². The molecule has 11 aliphatic carbocycles. The normalized spacial score (nSPS) is 44.4. The summed E-state index contributed by atoms with van der Waals surface area (Å²) in [5.41, 5.74) is 21.3. The Labute approximate surface area is 560 Å². The number of phenols is 1. The van der Waals surface area contributed by atoms with E-state index in [2.05, 4.69) is 80.4 Å². The van der Waals surface area contributed by atoms with Gasteiger partial charge in [-0.25, -0.2) is 0 Å². The zero-order valence-corrected chi connectivity index (χ0v) is 57.0. The summed E-state index contributed by atoms with van der Waals surface area (Å²) in [6.45, 7) is 3.50. The van der Waals surface area contributed by atoms with Crippen molar-refractivity contribution in [1.82, 2.24) is 10.2 Å². The molecule has 11 N–H and O–H groups in total. The molecule has 20 unspecified atom stereocenters. The van der Waals surface area contributed by atoms with Crippen LogP contribution < -0.4 is 27.3 Å². The minimum Gasteiger partial charge on any atom is -0.504 e. The van der Waals surface area contributed by atoms with Crippen molar-refractivity contribution in [1.29, 1.82) is 0 Å². The fourth-order valence-corrected chi connectivity index (χ4v) is 30.5. The van der Waals surface area contributed by atoms with Crippen LogP contribution in [0.4, 0.5) is 0 Å². The maximum absolute atomic E-state index is 15.2. The molecule has 1 amide bonds. The number of hydrogen-bond donors (Lipinski definition) is 8. The molecule has 20 rings (SSSR count). The highest BCUT2D eigenvalue weighted by atomic mass is 33.1. The lowest BCUT2D eigenvalue weighted by molar-refractivity contribution is -0.204. The molecule has 17 heteroatoms. The molecular formula is C76H107N7O8S2. The number of benzene rings is 2. The number of carbonyl (C=O) groups excluding carboxylic acids is 2. The molecule has 0 radical (unpaired) electrons. The Bertz CT molecular complexity index is 3300. The lowest BCUT2D eigenvalue weighted by Crippen LogP contribution is -2.60. The van der Waals surface area contributed by atoms with E-state index in [0.29, 0.717) is 80.8 Å². The monoisotopic (exact) mass is 1310 g/mol. The number of fused-ring (bicyclic) bond motifs is 1. The standard InChI is InChI=1S/C76H107N7O8S2/c1-46(85)90-75-37-50-14-16-55(75)35-52-33-53(64(88)65-62(52)48-21-31-74(91-65)28-7-13-54(74)34-48)42-83-45-71(39-60(83)87)56(18-19-58(71)47-11-3-2-4-12-47)41-81-68(79)82-76(29-8-25-70(76)23-5-6-24-70)93-92-43-57-17-15-49(61(50)59(86)38-75)36-72(57)26-9-27-73(72)44-69(22-10-32-84)30-20-51(40-80-67(77)78)63(69)66(73)89/h2-4,11-12,21,31,33,48-51,54-59,61,63,66,84,86,88-89H,5-10,13-20,22-30,32,34-45H2,1H3,(H4,77,78,80)(H3,79,81,82). The van der Waals surface area contributed by atoms with Gasteiger partial charge in [0, 0.05) is 103 Å². The Hall–Kier alpha value is -4.16. The molecule has 11 fully saturated rings. The first-order valence-electron chi connectivity index (χ1n) is 37.1. The average molecular weight is 1310 g/mol. The van der Waals surface area contributed by atoms with Crippen LogP contribution in [0.2, 0.25) is 0 Å². The molecule has 15 nitrogen and oxygen atoms in total. The zero-order chi connectivity index (χ0) is 63.9. The van der Waals surface area contributed by atoms with Gasteiger partial charge in [-0.3, -0.25) is 19.6 Å². The summed E-state index contributed by atoms with van der Waals surface area (Å²) in [7, 11) is 4.12. The van der Waals surface area contributed by atoms with Gasteiger partial charge in [0.2, 0.25) is 5.91 Å². The molecule has 0 aromatic heterocycles. The number of nitrogens with two attached hydrogens (primary N) is 3. The molecule has 1 saturated heterocycles. The second kappa shape index (κ2) is 23.8. The molecule has 20 atom stereocenters. The second-order valence-electron chi connectivity index (χ2n) is 33.7. The van der Waals surface area contributed by atoms with Gasteiger partial charge in [0.15, 0.2) is 23.4 Å². The Balaban J connectivity index is 0.814. The van der Waals surface area contributed by atoms with Gasteiger partial charge in [-0.05, 0) is 242 Å². The maximum atomic E-state index is 15.2. The first kappa shape index (κ1) is 63.6. The largest absolute Gasteiger partial charge is 0.504 e. The zero-order valence-electron chi connectivity index (χ0n) is 55.4. The van der Waals surface area contributed by atoms with Crippen LogP contribution in [0.25, 0.3) is 0 Å². The molecule has 6 spiro atoms. The highest BCUT2D eigenvalue weighted by molar-refractivity contribution is 8.77. The second-order valence-corrected chi connectivity index (χ2v) is 36.3. The van der Waals surface area contributed by atoms with E-state index in [0.717, 1.165) is 145 Å². The number of aliphatic hydroxyl groups is 3. The third kappa shape index (κ3) is 9.97. The van der Waals surface area contributed by atoms with Crippen molar-refractivity contribution in [3.63, 3.8) is 0 Å². The van der Waals surface area contributed by atoms with Crippen LogP contribution in [0.15, 0.2) is 58.5 Å². The number of allylic oxidation sites excluding steroid dienone is 1. The number of esters is 1. The van der Waals surface area contributed by atoms with E-state index in [1.54, 1.807) is 6.92 Å². The summed E-state index contributed by atoms with van der Waals surface area (Å²) in [5.74, 6) is 3.46. The number of nitrogens with zero attached hydrogens (tertiary/aromatic N) is 3. The Morgan fingerprint density at radius 3 is 2.44 bits per heavy atom. The van der Waals surface area contributed by atoms with Crippen molar-refractivity contribution in [3.8, 4) is 11.5 Å². The average Bonchev–Trinajstić information content (AvgIpc) is 1.52. The van der Waals surface area contributed by atoms with Crippen molar-refractivity contribution in [3.05, 3.63) is 70.8 Å². The van der Waals surface area contributed by atoms with E-state index in [9.17, 15) is 25.2 Å². The minimum absolute atomic E-state index is 0.0172. The summed E-state index contributed by atoms with van der Waals surface area (Å²) < 4.78 is 14.2. The first-order chi connectivity index (χ1) is 44.9. The summed E-state index contributed by atoms with van der Waals surface area (Å²) in [6.07, 6.45) is 31.8. The van der Waals surface area contributed by atoms with Crippen molar-refractivity contribution in [2.24, 2.45) is 108 Å². The molecule has 7 aliphatic heterocycles. The minimum atomic E-state index is -0.899. The topological polar surface area (TPSA) is 252 Å². The maximum Gasteiger partial charge on any atom is 0.303 e. The van der Waals surface area contributed by atoms with Crippen molar-refractivity contribution in [2.45, 2.75) is 246 Å². The van der Waals surface area contributed by atoms with Gasteiger partial charge in [-0.15, -0.1) is 0 Å². The Morgan fingerprint density at radius 2 is 1.63 bits per heavy atom. The molecule has 12 bridgehead atoms. The molecule has 10 saturated carbocycles. The highest BCUT2D eigenvalue weighted by Crippen LogP contribution is 2.78. The fourth-order valence-electron chi connectivity index (χ4n) is 26.5. The number of guanidine groups is 2. The first-order valence-corrected chi connectivity index (χ1v) is 39.4. The predicted octanol–water partition coefficient (Wildman–Crippen LogP) is 12.1. The molecule has 7 heterocycles. The van der Waals surface area contributed by atoms with Gasteiger partial charge in [-0.2, -0.15) is 0 Å². The van der Waals surface area contributed by atoms with E-state index in [1.165, 1.54) is 37.7 Å². The lowest BCUT2D eigenvalue weighted by Gasteiger charge is -2.60. The van der Waals surface area contributed by atoms with E-state index in [1.807, 2.05) is 4.90 Å². The van der Waals surface area contributed by atoms with Crippen LogP contribution >= 0.6 is 21.6 Å². The van der Waals surface area contributed by atoms with Gasteiger partial charge in [0.25, 0.3) is 0 Å². The van der Waals surface area contributed by atoms with Crippen LogP contribution in [0, 0.1) is 80.3 Å². The Kier molecular flexibility index (Phi) is 16.3. The lowest BCUT2D eigenvalue weighted by atomic mass is 9.47. The molecule has 18 aliphatic rings. The van der Waals surface area contributed by atoms with Gasteiger partial charge in [0.05, 0.1) is 12.2 Å². The SMILES string of the molecule is CC(=O)OC12CC(O)C3C(CCC1Cc1cc(c(O)c4c1C1C=CC5(CCCC5C1)O4)CN1CC4(CC1=O)C(CCC4c1ccccc1)CN=C(N)NC1(CCCC14CCCC4)SSCC1CCC3CC13CCCC31CC3(CCCO)CCC(CN=C(N)N)C3C1O)C2. The summed E-state index contributed by atoms with van der Waals surface area (Å²) in [6, 6.07) is 13.0. The van der Waals surface area contributed by atoms with E-state index < -0.39 is 28.8 Å². The van der Waals surface area contributed by atoms with Gasteiger partial charge in [0.1, 0.15) is 16.1 Å². The molecule has 506 valence electrons. The quantitative estimate of drug-likeness (QED) is 0.0422. The Morgan fingerprint density at radius 1 is 0.860 bits per heavy atom. The van der Waals surface area contributed by atoms with Crippen LogP contribution in [-0.4, -0.2) is 109 Å². The van der Waals surface area contributed by atoms with Crippen LogP contribution in [0.3, 0.4) is 0 Å². The van der Waals surface area contributed by atoms with E-state index in [-0.39, 0.29) is 117 Å². The molecular weight excluding hydrogens is 1200 g/mol. The van der Waals surface area contributed by atoms with Gasteiger partial charge in [-0.1, -0.05) is 77.3 Å². The molecule has 2 aromatic rings. The number of aliphatic hydroxyl groups excluding tert-OH is 3. The van der Waals surface area contributed by atoms with Crippen LogP contribution in [0.1, 0.15) is 227 Å². The fraction of sp³-hybridized carbons (Fsp3) is 0.763. The van der Waals surface area contributed by atoms with Crippen LogP contribution in [0.5, 0.6) is 11.5 Å². The third-order valence-corrected chi connectivity index (χ3v) is 33.3. The summed E-state index contributed by atoms with van der Waals surface area (Å²) >= 11 is 0. The van der Waals surface area contributed by atoms with Gasteiger partial charge < -0.3 is 57.3 Å². The summed E-state index contributed by atoms with van der Waals surface area (Å²) in [4.78, 5) is 40.9. The number of aromatic hydroxyl groups is 1. The number of rotatable bonds is 7. The number of amides is 1. The smallest absolute Gasteiger partial charge is 0.303 e. The van der Waals surface area contributed by atoms with Crippen molar-refractivity contribution < 1.29 is 39.5 Å². The number of phenolic OH excluding ortho intramolecular Hbond substituents is 1. The predicted molar refractivity (Wildman–Crippen MR) is 366 cm³/mol. The molecule has 93 heavy (non-hydrogen) atoms. The number of carbonyl (C=O) groups is 2. The van der Waals surface area contributed by atoms with Crippen molar-refractivity contribution in [2.75, 3.05) is 32.0 Å². The van der Waals surface area contributed by atoms with E-state index in [4.69, 9.17) is 31.7 Å². The third-order valence-electron chi connectivity index (χ3n) is 30.0. The summed E-state index contributed by atoms with van der Waals surface area (Å²) in [5, 5.41) is 54.9. The number of ether oxygens (including phenoxy) is 2. The number of nitrogens with one attached hydrogen (secondary N) is 1. The van der Waals surface area contributed by atoms with Crippen molar-refractivity contribution >= 4 is 45.4 Å². The van der Waals surface area contributed by atoms with Crippen LogP contribution in [-0.2, 0) is 27.3 Å². The van der Waals surface area contributed by atoms with Gasteiger partial charge >= 0.3 is 5.97 Å².